The third kappa shape index (κ3) is 5.70. The van der Waals surface area contributed by atoms with Crippen LogP contribution in [0.15, 0.2) is 53.1 Å². The number of hydrogen-bond acceptors (Lipinski definition) is 9. The number of ether oxygens (including phenoxy) is 2. The molecule has 1 unspecified atom stereocenters. The second-order valence-electron chi connectivity index (χ2n) is 12.8. The zero-order chi connectivity index (χ0) is 33.0. The van der Waals surface area contributed by atoms with Crippen molar-refractivity contribution in [2.45, 2.75) is 82.8 Å². The molecule has 5 atom stereocenters. The summed E-state index contributed by atoms with van der Waals surface area (Å²) in [5.41, 5.74) is 1.99. The molecule has 0 aliphatic carbocycles. The van der Waals surface area contributed by atoms with E-state index in [-0.39, 0.29) is 42.8 Å². The molecule has 12 nitrogen and oxygen atoms in total. The molecule has 1 aromatic heterocycles. The summed E-state index contributed by atoms with van der Waals surface area (Å²) in [6.07, 6.45) is 1.79. The maximum absolute atomic E-state index is 14.7. The summed E-state index contributed by atoms with van der Waals surface area (Å²) in [6.45, 7) is 7.79. The van der Waals surface area contributed by atoms with Gasteiger partial charge in [0.1, 0.15) is 0 Å². The van der Waals surface area contributed by atoms with E-state index in [1.807, 2.05) is 56.4 Å². The van der Waals surface area contributed by atoms with Gasteiger partial charge in [0.2, 0.25) is 5.91 Å². The number of benzene rings is 2. The van der Waals surface area contributed by atoms with Gasteiger partial charge in [0.25, 0.3) is 5.91 Å². The first kappa shape index (κ1) is 32.5. The first-order valence-corrected chi connectivity index (χ1v) is 19.3. The molecule has 2 aromatic carbocycles. The molecule has 14 heteroatoms. The average molecular weight is 713 g/mol. The smallest absolute Gasteiger partial charge is 0.304 e. The molecule has 3 aliphatic rings. The van der Waals surface area contributed by atoms with E-state index in [1.165, 1.54) is 11.8 Å². The number of rotatable bonds is 10. The van der Waals surface area contributed by atoms with E-state index >= 15 is 0 Å². The number of aromatic nitrogens is 3. The van der Waals surface area contributed by atoms with Crippen molar-refractivity contribution < 1.29 is 33.8 Å². The highest BCUT2D eigenvalue weighted by Crippen LogP contribution is 2.60. The molecular weight excluding hydrogens is 674 g/mol. The summed E-state index contributed by atoms with van der Waals surface area (Å²) in [5.74, 6) is -1.14. The Labute approximate surface area is 276 Å². The number of aliphatic hydroxyl groups is 1. The van der Waals surface area contributed by atoms with Crippen molar-refractivity contribution in [2.75, 3.05) is 16.4 Å². The number of β-lactam (4-membered cyclic amide) rings is 1. The van der Waals surface area contributed by atoms with E-state index < -0.39 is 32.2 Å². The number of fused-ring (bicyclic) bond motifs is 2. The van der Waals surface area contributed by atoms with Crippen LogP contribution in [0.1, 0.15) is 43.5 Å². The minimum Gasteiger partial charge on any atom is -0.441 e. The number of esters is 1. The normalized spacial score (nSPS) is 25.7. The van der Waals surface area contributed by atoms with Gasteiger partial charge in [0.05, 0.1) is 30.5 Å². The van der Waals surface area contributed by atoms with Crippen LogP contribution in [0, 0.1) is 5.92 Å². The van der Waals surface area contributed by atoms with Gasteiger partial charge in [-0.25, -0.2) is 0 Å². The van der Waals surface area contributed by atoms with Crippen molar-refractivity contribution in [3.63, 3.8) is 0 Å². The first-order valence-electron chi connectivity index (χ1n) is 15.4. The van der Waals surface area contributed by atoms with Gasteiger partial charge in [-0.3, -0.25) is 24.0 Å². The standard InChI is InChI=1S/C32H38BrN5O7Si/c1-19-30(46(3,4)43)27(10-12-36-18-23(11-13-39)34-35-36)45-32(19)25-15-22(33)8-9-26(25)37(31(32)42)17-21-6-5-7-24(14-21)38-28(41)16-29(38)44-20(2)40/h5-9,14-15,18-19,27,29-30,39,43H,10-13,16-17H2,1-4H3/t19-,27+,29?,30-,32+/m1/s1. The fraction of sp³-hybridized carbons (Fsp3) is 0.469. The summed E-state index contributed by atoms with van der Waals surface area (Å²) in [7, 11) is -2.85. The fourth-order valence-corrected chi connectivity index (χ4v) is 10.3. The number of nitrogens with zero attached hydrogens (tertiary/aromatic N) is 5. The third-order valence-electron chi connectivity index (χ3n) is 9.28. The van der Waals surface area contributed by atoms with Crippen molar-refractivity contribution in [1.29, 1.82) is 0 Å². The number of carbonyl (C=O) groups excluding carboxylic acids is 3. The van der Waals surface area contributed by atoms with Gasteiger partial charge in [-0.1, -0.05) is 40.2 Å². The minimum absolute atomic E-state index is 0.0140. The maximum Gasteiger partial charge on any atom is 0.304 e. The lowest BCUT2D eigenvalue weighted by atomic mass is 9.82. The van der Waals surface area contributed by atoms with Gasteiger partial charge < -0.3 is 24.3 Å². The van der Waals surface area contributed by atoms with Crippen LogP contribution in [0.25, 0.3) is 0 Å². The molecule has 2 fully saturated rings. The monoisotopic (exact) mass is 711 g/mol. The van der Waals surface area contributed by atoms with Crippen molar-refractivity contribution in [3.8, 4) is 0 Å². The van der Waals surface area contributed by atoms with E-state index in [1.54, 1.807) is 21.8 Å². The van der Waals surface area contributed by atoms with Gasteiger partial charge >= 0.3 is 5.97 Å². The lowest BCUT2D eigenvalue weighted by Crippen LogP contribution is -2.54. The predicted molar refractivity (Wildman–Crippen MR) is 174 cm³/mol. The molecule has 0 saturated carbocycles. The molecule has 3 aliphatic heterocycles. The second kappa shape index (κ2) is 12.3. The highest BCUT2D eigenvalue weighted by atomic mass is 79.9. The molecule has 0 bridgehead atoms. The van der Waals surface area contributed by atoms with Gasteiger partial charge in [0.15, 0.2) is 20.1 Å². The van der Waals surface area contributed by atoms with Crippen molar-refractivity contribution >= 4 is 53.4 Å². The maximum atomic E-state index is 14.7. The summed E-state index contributed by atoms with van der Waals surface area (Å²) in [5, 5.41) is 17.6. The number of amides is 2. The Bertz CT molecular complexity index is 1680. The summed E-state index contributed by atoms with van der Waals surface area (Å²) in [4.78, 5) is 53.5. The van der Waals surface area contributed by atoms with Crippen molar-refractivity contribution in [3.05, 3.63) is 70.0 Å². The Balaban J connectivity index is 1.31. The van der Waals surface area contributed by atoms with Crippen LogP contribution >= 0.6 is 15.9 Å². The molecule has 2 amide bonds. The van der Waals surface area contributed by atoms with Gasteiger partial charge in [0, 0.05) is 59.9 Å². The Morgan fingerprint density at radius 1 is 1.22 bits per heavy atom. The number of hydrogen-bond donors (Lipinski definition) is 2. The largest absolute Gasteiger partial charge is 0.441 e. The number of aryl methyl sites for hydroxylation is 1. The van der Waals surface area contributed by atoms with E-state index in [0.29, 0.717) is 30.8 Å². The number of anilines is 2. The number of aliphatic hydroxyl groups excluding tert-OH is 1. The molecule has 244 valence electrons. The zero-order valence-corrected chi connectivity index (χ0v) is 28.8. The first-order chi connectivity index (χ1) is 21.8. The molecular formula is C32H38BrN5O7Si. The van der Waals surface area contributed by atoms with Gasteiger partial charge in [-0.2, -0.15) is 0 Å². The van der Waals surface area contributed by atoms with E-state index in [2.05, 4.69) is 26.2 Å². The Kier molecular flexibility index (Phi) is 8.69. The van der Waals surface area contributed by atoms with Crippen LogP contribution in [0.3, 0.4) is 0 Å². The lowest BCUT2D eigenvalue weighted by molar-refractivity contribution is -0.154. The van der Waals surface area contributed by atoms with E-state index in [0.717, 1.165) is 21.3 Å². The summed E-state index contributed by atoms with van der Waals surface area (Å²) >= 11 is 3.60. The van der Waals surface area contributed by atoms with Crippen molar-refractivity contribution in [1.82, 2.24) is 15.0 Å². The zero-order valence-electron chi connectivity index (χ0n) is 26.2. The highest BCUT2D eigenvalue weighted by molar-refractivity contribution is 9.10. The Morgan fingerprint density at radius 2 is 2.00 bits per heavy atom. The van der Waals surface area contributed by atoms with Crippen molar-refractivity contribution in [2.24, 2.45) is 5.92 Å². The van der Waals surface area contributed by atoms with Crippen LogP contribution in [-0.4, -0.2) is 69.9 Å². The van der Waals surface area contributed by atoms with E-state index in [9.17, 15) is 24.3 Å². The minimum atomic E-state index is -2.85. The van der Waals surface area contributed by atoms with Crippen LogP contribution in [-0.2, 0) is 49.0 Å². The van der Waals surface area contributed by atoms with Crippen LogP contribution in [0.4, 0.5) is 11.4 Å². The Hall–Kier alpha value is -3.43. The fourth-order valence-electron chi connectivity index (χ4n) is 7.38. The topological polar surface area (TPSA) is 147 Å². The molecule has 2 N–H and O–H groups in total. The van der Waals surface area contributed by atoms with Gasteiger partial charge in [-0.05, 0) is 55.4 Å². The molecule has 3 aromatic rings. The molecule has 4 heterocycles. The van der Waals surface area contributed by atoms with Crippen LogP contribution in [0.5, 0.6) is 0 Å². The molecule has 1 spiro atoms. The number of halogens is 1. The third-order valence-corrected chi connectivity index (χ3v) is 12.3. The van der Waals surface area contributed by atoms with Gasteiger partial charge in [-0.15, -0.1) is 5.10 Å². The Morgan fingerprint density at radius 3 is 2.70 bits per heavy atom. The van der Waals surface area contributed by atoms with Crippen LogP contribution in [0.2, 0.25) is 18.6 Å². The average Bonchev–Trinajstić information content (AvgIpc) is 3.62. The van der Waals surface area contributed by atoms with E-state index in [4.69, 9.17) is 9.47 Å². The summed E-state index contributed by atoms with van der Waals surface area (Å²) < 4.78 is 14.7. The molecule has 6 rings (SSSR count). The molecule has 0 radical (unpaired) electrons. The second-order valence-corrected chi connectivity index (χ2v) is 17.7. The molecule has 46 heavy (non-hydrogen) atoms. The molecule has 2 saturated heterocycles. The quantitative estimate of drug-likeness (QED) is 0.183. The predicted octanol–water partition coefficient (Wildman–Crippen LogP) is 3.64. The SMILES string of the molecule is CC(=O)OC1CC(=O)N1c1cccc(CN2C(=O)[C@@]3(O[C@@H](CCn4cc(CCO)nn4)[C@H]([Si](C)(C)O)[C@H]3C)c3cc(Br)ccc32)c1. The summed E-state index contributed by atoms with van der Waals surface area (Å²) in [6, 6.07) is 13.1. The van der Waals surface area contributed by atoms with Crippen LogP contribution < -0.4 is 9.80 Å². The highest BCUT2D eigenvalue weighted by Gasteiger charge is 2.66. The number of carbonyl (C=O) groups is 3. The lowest BCUT2D eigenvalue weighted by Gasteiger charge is -2.39.